The second-order valence-electron chi connectivity index (χ2n) is 8.37. The lowest BCUT2D eigenvalue weighted by Crippen LogP contribution is -2.59. The molecule has 3 heterocycles. The molecule has 0 spiro atoms. The molecule has 0 saturated carbocycles. The van der Waals surface area contributed by atoms with Gasteiger partial charge < -0.3 is 5.32 Å². The van der Waals surface area contributed by atoms with Crippen molar-refractivity contribution in [2.24, 2.45) is 15.0 Å². The van der Waals surface area contributed by atoms with E-state index in [0.717, 1.165) is 11.4 Å². The summed E-state index contributed by atoms with van der Waals surface area (Å²) < 4.78 is 1.63. The highest BCUT2D eigenvalue weighted by molar-refractivity contribution is 6.05. The number of amidine groups is 1. The highest BCUT2D eigenvalue weighted by Crippen LogP contribution is 2.27. The minimum absolute atomic E-state index is 0.143. The highest BCUT2D eigenvalue weighted by Gasteiger charge is 2.42. The van der Waals surface area contributed by atoms with Gasteiger partial charge in [0.1, 0.15) is 29.7 Å². The number of benzene rings is 2. The largest absolute Gasteiger partial charge is 0.333 e. The number of aliphatic imine (C=N–C) groups is 3. The number of rotatable bonds is 4. The molecule has 3 unspecified atom stereocenters. The lowest BCUT2D eigenvalue weighted by molar-refractivity contribution is 0.304. The Labute approximate surface area is 191 Å². The van der Waals surface area contributed by atoms with Crippen molar-refractivity contribution in [1.29, 1.82) is 0 Å². The fourth-order valence-corrected chi connectivity index (χ4v) is 4.44. The van der Waals surface area contributed by atoms with Gasteiger partial charge in [0.15, 0.2) is 0 Å². The van der Waals surface area contributed by atoms with E-state index in [1.165, 1.54) is 6.34 Å². The van der Waals surface area contributed by atoms with Crippen LogP contribution in [-0.4, -0.2) is 39.8 Å². The van der Waals surface area contributed by atoms with Gasteiger partial charge in [-0.15, -0.1) is 6.42 Å². The summed E-state index contributed by atoms with van der Waals surface area (Å²) in [6, 6.07) is 12.4. The first-order valence-electron chi connectivity index (χ1n) is 10.7. The van der Waals surface area contributed by atoms with E-state index in [0.29, 0.717) is 28.0 Å². The average molecular weight is 438 g/mol. The zero-order valence-corrected chi connectivity index (χ0v) is 18.6. The highest BCUT2D eigenvalue weighted by atomic mass is 16.1. The number of terminal acetylenes is 1. The quantitative estimate of drug-likeness (QED) is 0.613. The van der Waals surface area contributed by atoms with Crippen molar-refractivity contribution in [3.8, 4) is 18.0 Å². The van der Waals surface area contributed by atoms with Crippen molar-refractivity contribution in [1.82, 2.24) is 20.2 Å². The number of nitrogens with one attached hydrogen (secondary N) is 2. The van der Waals surface area contributed by atoms with Crippen LogP contribution in [0.4, 0.5) is 0 Å². The topological polar surface area (TPSA) is 96.0 Å². The zero-order valence-electron chi connectivity index (χ0n) is 18.6. The third kappa shape index (κ3) is 3.43. The molecule has 3 aromatic rings. The molecule has 8 heteroatoms. The Kier molecular flexibility index (Phi) is 4.91. The molecule has 164 valence electrons. The van der Waals surface area contributed by atoms with Crippen LogP contribution in [0.15, 0.2) is 62.2 Å². The van der Waals surface area contributed by atoms with Gasteiger partial charge in [-0.05, 0) is 50.6 Å². The Morgan fingerprint density at radius 2 is 2.09 bits per heavy atom. The van der Waals surface area contributed by atoms with Crippen LogP contribution in [0, 0.1) is 19.3 Å². The van der Waals surface area contributed by atoms with Crippen molar-refractivity contribution in [2.75, 3.05) is 0 Å². The summed E-state index contributed by atoms with van der Waals surface area (Å²) >= 11 is 0. The molecule has 0 amide bonds. The van der Waals surface area contributed by atoms with E-state index in [2.05, 4.69) is 31.5 Å². The van der Waals surface area contributed by atoms with Gasteiger partial charge in [0, 0.05) is 5.56 Å². The van der Waals surface area contributed by atoms with E-state index in [1.54, 1.807) is 10.9 Å². The molecule has 2 aromatic carbocycles. The van der Waals surface area contributed by atoms with Gasteiger partial charge in [0.05, 0.1) is 29.0 Å². The fourth-order valence-electron chi connectivity index (χ4n) is 4.44. The second kappa shape index (κ2) is 7.80. The van der Waals surface area contributed by atoms with Gasteiger partial charge in [0.25, 0.3) is 5.56 Å². The van der Waals surface area contributed by atoms with E-state index in [9.17, 15) is 4.79 Å². The lowest BCUT2D eigenvalue weighted by atomic mass is 9.99. The molecule has 0 fully saturated rings. The van der Waals surface area contributed by atoms with Crippen LogP contribution in [0.2, 0.25) is 0 Å². The van der Waals surface area contributed by atoms with Gasteiger partial charge >= 0.3 is 0 Å². The zero-order chi connectivity index (χ0) is 23.2. The molecule has 0 radical (unpaired) electrons. The van der Waals surface area contributed by atoms with Crippen LogP contribution in [0.25, 0.3) is 16.6 Å². The molecule has 2 N–H and O–H groups in total. The third-order valence-electron chi connectivity index (χ3n) is 6.05. The molecular formula is C25H23N7O. The summed E-state index contributed by atoms with van der Waals surface area (Å²) in [7, 11) is 0. The molecule has 33 heavy (non-hydrogen) atoms. The summed E-state index contributed by atoms with van der Waals surface area (Å²) in [5, 5.41) is 7.16. The van der Waals surface area contributed by atoms with Crippen LogP contribution in [0.1, 0.15) is 36.8 Å². The Hall–Kier alpha value is -4.09. The van der Waals surface area contributed by atoms with Crippen molar-refractivity contribution in [3.05, 3.63) is 69.8 Å². The predicted molar refractivity (Wildman–Crippen MR) is 131 cm³/mol. The molecule has 0 aliphatic carbocycles. The molecule has 1 aromatic heterocycles. The Morgan fingerprint density at radius 3 is 2.91 bits per heavy atom. The molecule has 0 bridgehead atoms. The average Bonchev–Trinajstić information content (AvgIpc) is 3.29. The minimum atomic E-state index is -0.763. The van der Waals surface area contributed by atoms with Gasteiger partial charge in [-0.1, -0.05) is 24.1 Å². The van der Waals surface area contributed by atoms with E-state index in [-0.39, 0.29) is 17.6 Å². The van der Waals surface area contributed by atoms with E-state index in [4.69, 9.17) is 11.4 Å². The first-order chi connectivity index (χ1) is 15.9. The van der Waals surface area contributed by atoms with Crippen molar-refractivity contribution < 1.29 is 0 Å². The number of hydrogen-bond acceptors (Lipinski definition) is 7. The van der Waals surface area contributed by atoms with Crippen molar-refractivity contribution >= 4 is 29.4 Å². The van der Waals surface area contributed by atoms with Crippen LogP contribution in [-0.2, 0) is 0 Å². The number of aromatic nitrogens is 2. The molecule has 0 saturated heterocycles. The van der Waals surface area contributed by atoms with E-state index >= 15 is 0 Å². The van der Waals surface area contributed by atoms with Crippen molar-refractivity contribution in [3.63, 3.8) is 0 Å². The fraction of sp³-hybridized carbons (Fsp3) is 0.240. The second-order valence-corrected chi connectivity index (χ2v) is 8.37. The maximum atomic E-state index is 13.8. The van der Waals surface area contributed by atoms with Crippen LogP contribution in [0.3, 0.4) is 0 Å². The van der Waals surface area contributed by atoms with Gasteiger partial charge in [0.2, 0.25) is 0 Å². The maximum absolute atomic E-state index is 13.8. The summed E-state index contributed by atoms with van der Waals surface area (Å²) in [5.74, 6) is 3.93. The predicted octanol–water partition coefficient (Wildman–Crippen LogP) is 2.48. The Bertz CT molecular complexity index is 1460. The van der Waals surface area contributed by atoms with Crippen LogP contribution >= 0.6 is 0 Å². The normalized spacial score (nSPS) is 21.9. The summed E-state index contributed by atoms with van der Waals surface area (Å²) in [6.07, 6.45) is 8.77. The number of nitrogens with zero attached hydrogens (tertiary/aromatic N) is 5. The Morgan fingerprint density at radius 1 is 1.27 bits per heavy atom. The number of fused-ring (bicyclic) bond motifs is 2. The molecular weight excluding hydrogens is 414 g/mol. The molecule has 5 rings (SSSR count). The first-order valence-corrected chi connectivity index (χ1v) is 10.7. The molecule has 8 nitrogen and oxygen atoms in total. The third-order valence-corrected chi connectivity index (χ3v) is 6.05. The SMILES string of the molecule is C#Cc1cccc(-n2c(C(C)NC3(C)N=CNC4=NC=NC43)nc3cccc(C)c3c2=O)c1. The molecule has 2 aliphatic rings. The summed E-state index contributed by atoms with van der Waals surface area (Å²) in [5.41, 5.74) is 1.96. The van der Waals surface area contributed by atoms with E-state index < -0.39 is 5.66 Å². The summed E-state index contributed by atoms with van der Waals surface area (Å²) in [6.45, 7) is 5.83. The smallest absolute Gasteiger partial charge is 0.266 e. The number of aryl methyl sites for hydroxylation is 1. The first kappa shape index (κ1) is 20.8. The Balaban J connectivity index is 1.68. The lowest BCUT2D eigenvalue weighted by Gasteiger charge is -2.36. The van der Waals surface area contributed by atoms with Gasteiger partial charge in [-0.2, -0.15) is 0 Å². The maximum Gasteiger partial charge on any atom is 0.266 e. The monoisotopic (exact) mass is 437 g/mol. The van der Waals surface area contributed by atoms with Gasteiger partial charge in [-0.25, -0.2) is 9.98 Å². The van der Waals surface area contributed by atoms with Crippen LogP contribution in [0.5, 0.6) is 0 Å². The van der Waals surface area contributed by atoms with E-state index in [1.807, 2.05) is 63.2 Å². The molecule has 3 atom stereocenters. The molecule has 2 aliphatic heterocycles. The van der Waals surface area contributed by atoms with Gasteiger partial charge in [-0.3, -0.25) is 24.7 Å². The summed E-state index contributed by atoms with van der Waals surface area (Å²) in [4.78, 5) is 32.1. The van der Waals surface area contributed by atoms with Crippen LogP contribution < -0.4 is 16.2 Å². The minimum Gasteiger partial charge on any atom is -0.333 e. The number of hydrogen-bond donors (Lipinski definition) is 2. The van der Waals surface area contributed by atoms with Crippen molar-refractivity contribution in [2.45, 2.75) is 38.5 Å². The standard InChI is InChI=1S/C25H23N7O/c1-5-17-9-7-10-18(12-17)32-23(30-19-11-6-8-15(2)20(19)24(32)33)16(3)31-25(4)21-22(27-13-26-21)28-14-29-25/h1,6-14,16,21,31H,2-4H3,(H,26,27,28,29).